The molecule has 0 fully saturated rings. The van der Waals surface area contributed by atoms with Gasteiger partial charge in [-0.1, -0.05) is 23.2 Å². The molecule has 0 atom stereocenters. The largest absolute Gasteiger partial charge is 0.350 e. The molecule has 0 radical (unpaired) electrons. The number of aromatic nitrogens is 2. The Morgan fingerprint density at radius 2 is 1.91 bits per heavy atom. The van der Waals surface area contributed by atoms with E-state index >= 15 is 0 Å². The van der Waals surface area contributed by atoms with E-state index in [9.17, 15) is 9.59 Å². The summed E-state index contributed by atoms with van der Waals surface area (Å²) in [4.78, 5) is 23.9. The van der Waals surface area contributed by atoms with Crippen LogP contribution in [-0.4, -0.2) is 22.9 Å². The van der Waals surface area contributed by atoms with Gasteiger partial charge >= 0.3 is 6.03 Å². The molecule has 1 aromatic carbocycles. The summed E-state index contributed by atoms with van der Waals surface area (Å²) in [6, 6.07) is 5.74. The van der Waals surface area contributed by atoms with Crippen LogP contribution in [0.1, 0.15) is 6.92 Å². The number of rotatable bonds is 4. The first-order chi connectivity index (χ1) is 10.9. The zero-order valence-corrected chi connectivity index (χ0v) is 14.0. The normalized spacial score (nSPS) is 10.4. The Morgan fingerprint density at radius 1 is 1.30 bits per heavy atom. The Morgan fingerprint density at radius 3 is 2.43 bits per heavy atom. The summed E-state index contributed by atoms with van der Waals surface area (Å²) in [6.45, 7) is 2.16. The highest BCUT2D eigenvalue weighted by atomic mass is 35.5. The van der Waals surface area contributed by atoms with E-state index in [1.807, 2.05) is 0 Å². The van der Waals surface area contributed by atoms with Crippen LogP contribution >= 0.6 is 23.2 Å². The van der Waals surface area contributed by atoms with Crippen molar-refractivity contribution in [3.05, 3.63) is 50.9 Å². The van der Waals surface area contributed by atoms with Crippen LogP contribution in [0, 0.1) is 0 Å². The predicted octanol–water partition coefficient (Wildman–Crippen LogP) is 2.51. The lowest BCUT2D eigenvalue weighted by molar-refractivity contribution is 0.253. The van der Waals surface area contributed by atoms with Gasteiger partial charge in [-0.2, -0.15) is 5.10 Å². The van der Waals surface area contributed by atoms with Gasteiger partial charge in [-0.05, 0) is 31.2 Å². The number of carbonyl (C=O) groups is 1. The number of hydrogen-bond acceptors (Lipinski definition) is 4. The van der Waals surface area contributed by atoms with Gasteiger partial charge in [0.2, 0.25) is 0 Å². The van der Waals surface area contributed by atoms with Crippen LogP contribution in [0.2, 0.25) is 10.0 Å². The van der Waals surface area contributed by atoms with E-state index in [2.05, 4.69) is 5.10 Å². The van der Waals surface area contributed by atoms with Crippen molar-refractivity contribution in [1.29, 1.82) is 0 Å². The maximum absolute atomic E-state index is 12.1. The van der Waals surface area contributed by atoms with E-state index in [1.165, 1.54) is 15.9 Å². The summed E-state index contributed by atoms with van der Waals surface area (Å²) in [5.41, 5.74) is 5.74. The molecule has 0 saturated heterocycles. The molecule has 0 unspecified atom stereocenters. The molecule has 2 N–H and O–H groups in total. The molecule has 1 heterocycles. The lowest BCUT2D eigenvalue weighted by Crippen LogP contribution is -2.48. The maximum atomic E-state index is 12.1. The molecule has 0 aliphatic rings. The first-order valence-electron chi connectivity index (χ1n) is 6.71. The van der Waals surface area contributed by atoms with Crippen molar-refractivity contribution >= 4 is 40.6 Å². The standard InChI is InChI=1S/C14H15Cl2N5O2/c1-3-20-13(22)12(16)11(8-18-20)19(2)21(14(17)23)10-6-4-9(15)5-7-10/h4-8H,3H2,1-2H3,(H2,17,23). The molecule has 9 heteroatoms. The molecule has 122 valence electrons. The van der Waals surface area contributed by atoms with Crippen molar-refractivity contribution in [2.24, 2.45) is 5.73 Å². The van der Waals surface area contributed by atoms with Crippen molar-refractivity contribution < 1.29 is 4.79 Å². The van der Waals surface area contributed by atoms with Crippen LogP contribution in [0.4, 0.5) is 16.2 Å². The quantitative estimate of drug-likeness (QED) is 0.853. The van der Waals surface area contributed by atoms with Crippen molar-refractivity contribution in [2.45, 2.75) is 13.5 Å². The van der Waals surface area contributed by atoms with E-state index < -0.39 is 11.6 Å². The molecule has 7 nitrogen and oxygen atoms in total. The number of aryl methyl sites for hydroxylation is 1. The van der Waals surface area contributed by atoms with Crippen molar-refractivity contribution in [3.8, 4) is 0 Å². The van der Waals surface area contributed by atoms with Crippen molar-refractivity contribution in [2.75, 3.05) is 17.1 Å². The number of benzene rings is 1. The minimum atomic E-state index is -0.745. The summed E-state index contributed by atoms with van der Waals surface area (Å²) < 4.78 is 1.22. The third-order valence-corrected chi connectivity index (χ3v) is 3.80. The molecule has 0 aliphatic carbocycles. The number of carbonyl (C=O) groups excluding carboxylic acids is 1. The lowest BCUT2D eigenvalue weighted by Gasteiger charge is -2.32. The number of amides is 2. The van der Waals surface area contributed by atoms with Gasteiger partial charge in [0.1, 0.15) is 10.7 Å². The van der Waals surface area contributed by atoms with E-state index in [-0.39, 0.29) is 10.7 Å². The number of halogens is 2. The molecule has 1 aromatic heterocycles. The summed E-state index contributed by atoms with van der Waals surface area (Å²) in [5, 5.41) is 7.00. The number of urea groups is 1. The van der Waals surface area contributed by atoms with E-state index in [0.717, 1.165) is 5.01 Å². The molecule has 0 saturated carbocycles. The van der Waals surface area contributed by atoms with Gasteiger partial charge in [0.15, 0.2) is 0 Å². The summed E-state index contributed by atoms with van der Waals surface area (Å²) >= 11 is 12.0. The van der Waals surface area contributed by atoms with Crippen LogP contribution in [-0.2, 0) is 6.54 Å². The molecule has 2 aromatic rings. The second-order valence-electron chi connectivity index (χ2n) is 4.61. The number of hydrogen-bond donors (Lipinski definition) is 1. The number of nitrogens with two attached hydrogens (primary N) is 1. The zero-order chi connectivity index (χ0) is 17.1. The topological polar surface area (TPSA) is 84.5 Å². The smallest absolute Gasteiger partial charge is 0.338 e. The first kappa shape index (κ1) is 17.1. The SMILES string of the molecule is CCn1ncc(N(C)N(C(N)=O)c2ccc(Cl)cc2)c(Cl)c1=O. The van der Waals surface area contributed by atoms with Gasteiger partial charge in [-0.15, -0.1) is 0 Å². The molecule has 2 rings (SSSR count). The number of primary amides is 1. The predicted molar refractivity (Wildman–Crippen MR) is 91.1 cm³/mol. The summed E-state index contributed by atoms with van der Waals surface area (Å²) in [6.07, 6.45) is 1.40. The number of nitrogens with zero attached hydrogens (tertiary/aromatic N) is 4. The maximum Gasteiger partial charge on any atom is 0.338 e. The molecule has 2 amide bonds. The van der Waals surface area contributed by atoms with Crippen molar-refractivity contribution in [3.63, 3.8) is 0 Å². The van der Waals surface area contributed by atoms with E-state index in [0.29, 0.717) is 17.3 Å². The Labute approximate surface area is 142 Å². The summed E-state index contributed by atoms with van der Waals surface area (Å²) in [5.74, 6) is 0. The Hall–Kier alpha value is -2.25. The monoisotopic (exact) mass is 355 g/mol. The van der Waals surface area contributed by atoms with E-state index in [4.69, 9.17) is 28.9 Å². The Bertz CT molecular complexity index is 776. The average Bonchev–Trinajstić information content (AvgIpc) is 2.51. The summed E-state index contributed by atoms with van der Waals surface area (Å²) in [7, 11) is 1.55. The molecular formula is C14H15Cl2N5O2. The van der Waals surface area contributed by atoms with Crippen LogP contribution in [0.5, 0.6) is 0 Å². The second-order valence-corrected chi connectivity index (χ2v) is 5.43. The minimum Gasteiger partial charge on any atom is -0.350 e. The van der Waals surface area contributed by atoms with Crippen molar-refractivity contribution in [1.82, 2.24) is 9.78 Å². The van der Waals surface area contributed by atoms with E-state index in [1.54, 1.807) is 38.2 Å². The second kappa shape index (κ2) is 6.89. The minimum absolute atomic E-state index is 0.0513. The molecular weight excluding hydrogens is 341 g/mol. The highest BCUT2D eigenvalue weighted by Gasteiger charge is 2.22. The first-order valence-corrected chi connectivity index (χ1v) is 7.46. The van der Waals surface area contributed by atoms with Gasteiger partial charge in [0, 0.05) is 18.6 Å². The fraction of sp³-hybridized carbons (Fsp3) is 0.214. The highest BCUT2D eigenvalue weighted by Crippen LogP contribution is 2.26. The number of hydrazine groups is 1. The number of anilines is 2. The molecule has 23 heavy (non-hydrogen) atoms. The third kappa shape index (κ3) is 3.40. The molecule has 0 aliphatic heterocycles. The lowest BCUT2D eigenvalue weighted by atomic mass is 10.3. The fourth-order valence-electron chi connectivity index (χ4n) is 2.05. The Kier molecular flexibility index (Phi) is 5.12. The van der Waals surface area contributed by atoms with Gasteiger partial charge in [-0.25, -0.2) is 14.5 Å². The zero-order valence-electron chi connectivity index (χ0n) is 12.5. The van der Waals surface area contributed by atoms with Gasteiger partial charge < -0.3 is 5.73 Å². The van der Waals surface area contributed by atoms with Crippen LogP contribution in [0.25, 0.3) is 0 Å². The highest BCUT2D eigenvalue weighted by molar-refractivity contribution is 6.33. The van der Waals surface area contributed by atoms with Gasteiger partial charge in [-0.3, -0.25) is 9.80 Å². The average molecular weight is 356 g/mol. The molecule has 0 spiro atoms. The van der Waals surface area contributed by atoms with Gasteiger partial charge in [0.25, 0.3) is 5.56 Å². The molecule has 0 bridgehead atoms. The third-order valence-electron chi connectivity index (χ3n) is 3.19. The van der Waals surface area contributed by atoms with Gasteiger partial charge in [0.05, 0.1) is 11.9 Å². The van der Waals surface area contributed by atoms with Crippen LogP contribution in [0.15, 0.2) is 35.3 Å². The fourth-order valence-corrected chi connectivity index (χ4v) is 2.44. The Balaban J connectivity index is 2.49. The van der Waals surface area contributed by atoms with Crippen LogP contribution in [0.3, 0.4) is 0 Å². The van der Waals surface area contributed by atoms with Crippen LogP contribution < -0.4 is 21.3 Å².